The van der Waals surface area contributed by atoms with Crippen LogP contribution in [0.1, 0.15) is 49.4 Å². The van der Waals surface area contributed by atoms with Crippen LogP contribution < -0.4 is 15.0 Å². The van der Waals surface area contributed by atoms with Crippen LogP contribution in [-0.4, -0.2) is 66.7 Å². The van der Waals surface area contributed by atoms with Crippen LogP contribution in [-0.2, 0) is 9.53 Å². The number of nitrogens with zero attached hydrogens (tertiary/aromatic N) is 4. The van der Waals surface area contributed by atoms with Gasteiger partial charge in [-0.25, -0.2) is 4.98 Å². The molecule has 0 spiro atoms. The van der Waals surface area contributed by atoms with E-state index in [0.717, 1.165) is 39.3 Å². The molecule has 1 saturated carbocycles. The quantitative estimate of drug-likeness (QED) is 0.255. The Labute approximate surface area is 248 Å². The maximum atomic E-state index is 13.6. The van der Waals surface area contributed by atoms with Gasteiger partial charge in [0.25, 0.3) is 11.5 Å². The number of rotatable bonds is 7. The highest BCUT2D eigenvalue weighted by Crippen LogP contribution is 2.34. The molecule has 0 N–H and O–H groups in total. The Morgan fingerprint density at radius 3 is 2.72 bits per heavy atom. The van der Waals surface area contributed by atoms with E-state index in [1.165, 1.54) is 11.1 Å². The van der Waals surface area contributed by atoms with Crippen molar-refractivity contribution in [2.24, 2.45) is 5.10 Å². The average molecular weight is 709 g/mol. The van der Waals surface area contributed by atoms with Gasteiger partial charge in [0, 0.05) is 23.5 Å². The zero-order valence-corrected chi connectivity index (χ0v) is 25.4. The van der Waals surface area contributed by atoms with Gasteiger partial charge in [0.2, 0.25) is 0 Å². The lowest BCUT2D eigenvalue weighted by molar-refractivity contribution is -0.137. The average Bonchev–Trinajstić information content (AvgIpc) is 2.96. The SMILES string of the molecule is COc1cc(C=Nn2c(C3CCCCC3)nc3ccc(Br)cc3c2=O)cc(I)c1OCC(=O)N1CCOCC1. The van der Waals surface area contributed by atoms with Crippen LogP contribution >= 0.6 is 38.5 Å². The van der Waals surface area contributed by atoms with E-state index < -0.39 is 0 Å². The van der Waals surface area contributed by atoms with E-state index in [0.29, 0.717) is 54.5 Å². The van der Waals surface area contributed by atoms with Crippen molar-refractivity contribution in [1.29, 1.82) is 0 Å². The molecule has 2 fully saturated rings. The van der Waals surface area contributed by atoms with Crippen LogP contribution in [0.3, 0.4) is 0 Å². The van der Waals surface area contributed by atoms with Gasteiger partial charge in [-0.1, -0.05) is 35.2 Å². The van der Waals surface area contributed by atoms with Gasteiger partial charge in [0.1, 0.15) is 5.82 Å². The third-order valence-corrected chi connectivity index (χ3v) is 8.38. The number of hydrogen-bond donors (Lipinski definition) is 0. The van der Waals surface area contributed by atoms with E-state index in [2.05, 4.69) is 43.6 Å². The topological polar surface area (TPSA) is 95.2 Å². The maximum absolute atomic E-state index is 13.6. The minimum Gasteiger partial charge on any atom is -0.493 e. The Hall–Kier alpha value is -2.51. The van der Waals surface area contributed by atoms with Crippen molar-refractivity contribution in [3.63, 3.8) is 0 Å². The van der Waals surface area contributed by atoms with Crippen molar-refractivity contribution in [2.75, 3.05) is 40.0 Å². The monoisotopic (exact) mass is 708 g/mol. The molecule has 3 aromatic rings. The molecule has 0 bridgehead atoms. The van der Waals surface area contributed by atoms with Gasteiger partial charge in [-0.3, -0.25) is 9.59 Å². The van der Waals surface area contributed by atoms with E-state index in [4.69, 9.17) is 19.2 Å². The molecule has 2 heterocycles. The molecule has 1 aliphatic carbocycles. The first-order chi connectivity index (χ1) is 18.9. The molecular weight excluding hydrogens is 679 g/mol. The van der Waals surface area contributed by atoms with Crippen molar-refractivity contribution in [3.05, 3.63) is 60.1 Å². The minimum absolute atomic E-state index is 0.0851. The predicted molar refractivity (Wildman–Crippen MR) is 161 cm³/mol. The van der Waals surface area contributed by atoms with E-state index in [-0.39, 0.29) is 24.0 Å². The lowest BCUT2D eigenvalue weighted by Crippen LogP contribution is -2.43. The molecule has 11 heteroatoms. The Balaban J connectivity index is 1.44. The fourth-order valence-electron chi connectivity index (χ4n) is 5.02. The van der Waals surface area contributed by atoms with Crippen LogP contribution in [0.15, 0.2) is 44.7 Å². The van der Waals surface area contributed by atoms with Gasteiger partial charge in [0.05, 0.1) is 41.0 Å². The molecule has 1 aliphatic heterocycles. The predicted octanol–water partition coefficient (Wildman–Crippen LogP) is 4.94. The lowest BCUT2D eigenvalue weighted by atomic mass is 9.88. The van der Waals surface area contributed by atoms with Crippen LogP contribution in [0.2, 0.25) is 0 Å². The molecule has 2 aromatic carbocycles. The van der Waals surface area contributed by atoms with E-state index >= 15 is 0 Å². The second kappa shape index (κ2) is 12.8. The first kappa shape index (κ1) is 28.0. The molecule has 9 nitrogen and oxygen atoms in total. The fourth-order valence-corrected chi connectivity index (χ4v) is 6.16. The first-order valence-corrected chi connectivity index (χ1v) is 14.9. The molecule has 2 aliphatic rings. The number of hydrogen-bond acceptors (Lipinski definition) is 7. The zero-order chi connectivity index (χ0) is 27.4. The molecule has 0 atom stereocenters. The second-order valence-electron chi connectivity index (χ2n) is 9.64. The summed E-state index contributed by atoms with van der Waals surface area (Å²) in [4.78, 5) is 32.8. The van der Waals surface area contributed by atoms with Crippen LogP contribution in [0.25, 0.3) is 10.9 Å². The van der Waals surface area contributed by atoms with Crippen molar-refractivity contribution < 1.29 is 19.0 Å². The third-order valence-electron chi connectivity index (χ3n) is 7.08. The lowest BCUT2D eigenvalue weighted by Gasteiger charge is -2.27. The van der Waals surface area contributed by atoms with Crippen molar-refractivity contribution in [3.8, 4) is 11.5 Å². The molecule has 1 amide bonds. The van der Waals surface area contributed by atoms with Gasteiger partial charge < -0.3 is 19.1 Å². The van der Waals surface area contributed by atoms with Crippen LogP contribution in [0.5, 0.6) is 11.5 Å². The van der Waals surface area contributed by atoms with Crippen LogP contribution in [0, 0.1) is 3.57 Å². The molecule has 0 radical (unpaired) electrons. The Kier molecular flexibility index (Phi) is 9.18. The molecule has 1 saturated heterocycles. The minimum atomic E-state index is -0.193. The summed E-state index contributed by atoms with van der Waals surface area (Å²) in [5.41, 5.74) is 1.22. The number of carbonyl (C=O) groups excluding carboxylic acids is 1. The van der Waals surface area contributed by atoms with Gasteiger partial charge in [0.15, 0.2) is 18.1 Å². The number of aromatic nitrogens is 2. The van der Waals surface area contributed by atoms with Gasteiger partial charge in [-0.05, 0) is 71.3 Å². The Morgan fingerprint density at radius 1 is 1.21 bits per heavy atom. The van der Waals surface area contributed by atoms with Crippen molar-refractivity contribution in [2.45, 2.75) is 38.0 Å². The van der Waals surface area contributed by atoms with Gasteiger partial charge >= 0.3 is 0 Å². The fraction of sp³-hybridized carbons (Fsp3) is 0.429. The smallest absolute Gasteiger partial charge is 0.282 e. The zero-order valence-electron chi connectivity index (χ0n) is 21.7. The summed E-state index contributed by atoms with van der Waals surface area (Å²) in [5.74, 6) is 1.78. The molecular formula is C28H30BrIN4O5. The summed E-state index contributed by atoms with van der Waals surface area (Å²) in [6.45, 7) is 2.12. The van der Waals surface area contributed by atoms with Crippen molar-refractivity contribution >= 4 is 61.5 Å². The maximum Gasteiger partial charge on any atom is 0.282 e. The van der Waals surface area contributed by atoms with Gasteiger partial charge in [-0.2, -0.15) is 9.78 Å². The summed E-state index contributed by atoms with van der Waals surface area (Å²) >= 11 is 5.62. The summed E-state index contributed by atoms with van der Waals surface area (Å²) in [5, 5.41) is 5.16. The summed E-state index contributed by atoms with van der Waals surface area (Å²) in [6, 6.07) is 9.24. The van der Waals surface area contributed by atoms with E-state index in [1.54, 1.807) is 30.4 Å². The number of fused-ring (bicyclic) bond motifs is 1. The molecule has 0 unspecified atom stereocenters. The van der Waals surface area contributed by atoms with Gasteiger partial charge in [-0.15, -0.1) is 0 Å². The number of amides is 1. The third kappa shape index (κ3) is 6.46. The standard InChI is InChI=1S/C28H30BrIN4O5/c1-37-24-14-18(13-22(30)26(24)39-17-25(35)33-9-11-38-12-10-33)16-31-34-27(19-5-3-2-4-6-19)32-23-8-7-20(29)15-21(23)28(34)36/h7-8,13-16,19H,2-6,9-12,17H2,1H3. The summed E-state index contributed by atoms with van der Waals surface area (Å²) < 4.78 is 19.8. The normalized spacial score (nSPS) is 16.6. The summed E-state index contributed by atoms with van der Waals surface area (Å²) in [6.07, 6.45) is 7.07. The molecule has 1 aromatic heterocycles. The number of halogens is 2. The number of methoxy groups -OCH3 is 1. The molecule has 5 rings (SSSR count). The van der Waals surface area contributed by atoms with Crippen molar-refractivity contribution in [1.82, 2.24) is 14.6 Å². The number of ether oxygens (including phenoxy) is 3. The Morgan fingerprint density at radius 2 is 1.97 bits per heavy atom. The highest BCUT2D eigenvalue weighted by molar-refractivity contribution is 14.1. The highest BCUT2D eigenvalue weighted by Gasteiger charge is 2.23. The number of morpholine rings is 1. The molecule has 39 heavy (non-hydrogen) atoms. The first-order valence-electron chi connectivity index (χ1n) is 13.1. The largest absolute Gasteiger partial charge is 0.493 e. The van der Waals surface area contributed by atoms with E-state index in [1.807, 2.05) is 18.2 Å². The summed E-state index contributed by atoms with van der Waals surface area (Å²) in [7, 11) is 1.56. The highest BCUT2D eigenvalue weighted by atomic mass is 127. The van der Waals surface area contributed by atoms with Crippen LogP contribution in [0.4, 0.5) is 0 Å². The number of carbonyl (C=O) groups is 1. The van der Waals surface area contributed by atoms with E-state index in [9.17, 15) is 9.59 Å². The Bertz CT molecular complexity index is 1450. The number of benzene rings is 2. The molecule has 206 valence electrons. The second-order valence-corrected chi connectivity index (χ2v) is 11.7.